The zero-order valence-corrected chi connectivity index (χ0v) is 12.6. The van der Waals surface area contributed by atoms with Crippen LogP contribution in [0, 0.1) is 0 Å². The average Bonchev–Trinajstić information content (AvgIpc) is 2.56. The first-order valence-electron chi connectivity index (χ1n) is 7.72. The maximum absolute atomic E-state index is 6.55. The molecule has 1 aromatic carbocycles. The lowest BCUT2D eigenvalue weighted by Crippen LogP contribution is -2.43. The lowest BCUT2D eigenvalue weighted by Gasteiger charge is -2.36. The average molecular weight is 281 g/mol. The number of nitrogens with two attached hydrogens (primary N) is 1. The van der Waals surface area contributed by atoms with Crippen molar-refractivity contribution >= 4 is 0 Å². The first-order valence-corrected chi connectivity index (χ1v) is 7.72. The Morgan fingerprint density at radius 2 is 2.05 bits per heavy atom. The highest BCUT2D eigenvalue weighted by Crippen LogP contribution is 2.28. The second-order valence-electron chi connectivity index (χ2n) is 5.94. The van der Waals surface area contributed by atoms with Crippen LogP contribution in [-0.4, -0.2) is 29.5 Å². The van der Waals surface area contributed by atoms with Gasteiger partial charge in [0.2, 0.25) is 0 Å². The smallest absolute Gasteiger partial charge is 0.0453 e. The summed E-state index contributed by atoms with van der Waals surface area (Å²) in [5.41, 5.74) is 10.1. The van der Waals surface area contributed by atoms with E-state index in [0.717, 1.165) is 12.1 Å². The number of aromatic nitrogens is 1. The summed E-state index contributed by atoms with van der Waals surface area (Å²) in [4.78, 5) is 6.61. The molecule has 3 heteroatoms. The first kappa shape index (κ1) is 14.2. The molecule has 0 unspecified atom stereocenters. The number of hydrogen-bond donors (Lipinski definition) is 1. The van der Waals surface area contributed by atoms with Crippen molar-refractivity contribution < 1.29 is 0 Å². The Balaban J connectivity index is 1.85. The molecule has 21 heavy (non-hydrogen) atoms. The predicted octanol–water partition coefficient (Wildman–Crippen LogP) is 3.23. The van der Waals surface area contributed by atoms with Crippen LogP contribution in [0.15, 0.2) is 48.8 Å². The van der Waals surface area contributed by atoms with Gasteiger partial charge >= 0.3 is 0 Å². The van der Waals surface area contributed by atoms with Crippen LogP contribution in [-0.2, 0) is 0 Å². The highest BCUT2D eigenvalue weighted by Gasteiger charge is 2.26. The first-order chi connectivity index (χ1) is 10.3. The van der Waals surface area contributed by atoms with E-state index < -0.39 is 0 Å². The summed E-state index contributed by atoms with van der Waals surface area (Å²) < 4.78 is 0. The van der Waals surface area contributed by atoms with Gasteiger partial charge in [-0.3, -0.25) is 4.98 Å². The zero-order valence-electron chi connectivity index (χ0n) is 12.6. The molecule has 0 bridgehead atoms. The number of likely N-dealkylation sites (tertiary alicyclic amines) is 1. The van der Waals surface area contributed by atoms with Gasteiger partial charge < -0.3 is 10.6 Å². The number of benzene rings is 1. The van der Waals surface area contributed by atoms with Gasteiger partial charge in [0, 0.05) is 24.5 Å². The molecule has 1 aliphatic rings. The summed E-state index contributed by atoms with van der Waals surface area (Å²) in [5, 5.41) is 0. The molecule has 0 saturated carbocycles. The SMILES string of the molecule is CN1CCCC[C@H]1[C@@H](N)c1cccc(-c2cccnc2)c1. The normalized spacial score (nSPS) is 21.1. The van der Waals surface area contributed by atoms with Crippen molar-refractivity contribution in [3.8, 4) is 11.1 Å². The maximum Gasteiger partial charge on any atom is 0.0453 e. The number of likely N-dealkylation sites (N-methyl/N-ethyl adjacent to an activating group) is 1. The van der Waals surface area contributed by atoms with Crippen LogP contribution in [0.2, 0.25) is 0 Å². The monoisotopic (exact) mass is 281 g/mol. The number of nitrogens with zero attached hydrogens (tertiary/aromatic N) is 2. The van der Waals surface area contributed by atoms with Crippen LogP contribution in [0.4, 0.5) is 0 Å². The fraction of sp³-hybridized carbons (Fsp3) is 0.389. The summed E-state index contributed by atoms with van der Waals surface area (Å²) in [5.74, 6) is 0. The van der Waals surface area contributed by atoms with Gasteiger partial charge in [0.05, 0.1) is 0 Å². The van der Waals surface area contributed by atoms with Crippen molar-refractivity contribution in [1.29, 1.82) is 0 Å². The second kappa shape index (κ2) is 6.37. The molecule has 2 heterocycles. The molecule has 3 nitrogen and oxygen atoms in total. The largest absolute Gasteiger partial charge is 0.323 e. The van der Waals surface area contributed by atoms with Crippen LogP contribution in [0.25, 0.3) is 11.1 Å². The molecule has 0 radical (unpaired) electrons. The van der Waals surface area contributed by atoms with Crippen molar-refractivity contribution in [3.63, 3.8) is 0 Å². The van der Waals surface area contributed by atoms with E-state index in [4.69, 9.17) is 5.73 Å². The van der Waals surface area contributed by atoms with E-state index in [1.165, 1.54) is 30.4 Å². The Labute approximate surface area is 126 Å². The molecule has 1 saturated heterocycles. The minimum absolute atomic E-state index is 0.0759. The summed E-state index contributed by atoms with van der Waals surface area (Å²) in [7, 11) is 2.19. The Morgan fingerprint density at radius 1 is 1.19 bits per heavy atom. The van der Waals surface area contributed by atoms with Gasteiger partial charge in [0.1, 0.15) is 0 Å². The Bertz CT molecular complexity index is 582. The molecule has 2 N–H and O–H groups in total. The van der Waals surface area contributed by atoms with E-state index in [1.807, 2.05) is 12.3 Å². The van der Waals surface area contributed by atoms with Crippen molar-refractivity contribution in [2.45, 2.75) is 31.3 Å². The number of pyridine rings is 1. The van der Waals surface area contributed by atoms with E-state index in [2.05, 4.69) is 47.3 Å². The third-order valence-corrected chi connectivity index (χ3v) is 4.51. The third-order valence-electron chi connectivity index (χ3n) is 4.51. The quantitative estimate of drug-likeness (QED) is 0.939. The van der Waals surface area contributed by atoms with Crippen LogP contribution in [0.3, 0.4) is 0 Å². The van der Waals surface area contributed by atoms with Crippen molar-refractivity contribution in [2.24, 2.45) is 5.73 Å². The van der Waals surface area contributed by atoms with Gasteiger partial charge in [-0.15, -0.1) is 0 Å². The van der Waals surface area contributed by atoms with Gasteiger partial charge in [-0.25, -0.2) is 0 Å². The van der Waals surface area contributed by atoms with Crippen LogP contribution in [0.1, 0.15) is 30.9 Å². The summed E-state index contributed by atoms with van der Waals surface area (Å²) >= 11 is 0. The highest BCUT2D eigenvalue weighted by molar-refractivity contribution is 5.63. The summed E-state index contributed by atoms with van der Waals surface area (Å²) in [6, 6.07) is 13.2. The molecule has 2 aromatic rings. The second-order valence-corrected chi connectivity index (χ2v) is 5.94. The fourth-order valence-electron chi connectivity index (χ4n) is 3.24. The van der Waals surface area contributed by atoms with E-state index in [1.54, 1.807) is 6.20 Å². The molecular weight excluding hydrogens is 258 g/mol. The van der Waals surface area contributed by atoms with E-state index in [9.17, 15) is 0 Å². The Hall–Kier alpha value is -1.71. The molecule has 2 atom stereocenters. The van der Waals surface area contributed by atoms with Crippen molar-refractivity contribution in [2.75, 3.05) is 13.6 Å². The molecule has 3 rings (SSSR count). The van der Waals surface area contributed by atoms with Gasteiger partial charge in [-0.1, -0.05) is 30.7 Å². The molecule has 0 amide bonds. The molecule has 1 fully saturated rings. The molecular formula is C18H23N3. The predicted molar refractivity (Wildman–Crippen MR) is 86.9 cm³/mol. The van der Waals surface area contributed by atoms with E-state index >= 15 is 0 Å². The number of piperidine rings is 1. The molecule has 0 aliphatic carbocycles. The van der Waals surface area contributed by atoms with E-state index in [-0.39, 0.29) is 6.04 Å². The molecule has 110 valence electrons. The lowest BCUT2D eigenvalue weighted by molar-refractivity contribution is 0.160. The number of hydrogen-bond acceptors (Lipinski definition) is 3. The Kier molecular flexibility index (Phi) is 4.32. The summed E-state index contributed by atoms with van der Waals surface area (Å²) in [6.45, 7) is 1.15. The van der Waals surface area contributed by atoms with Gasteiger partial charge in [-0.2, -0.15) is 0 Å². The third kappa shape index (κ3) is 3.14. The minimum Gasteiger partial charge on any atom is -0.323 e. The molecule has 1 aromatic heterocycles. The van der Waals surface area contributed by atoms with E-state index in [0.29, 0.717) is 6.04 Å². The van der Waals surface area contributed by atoms with Crippen LogP contribution in [0.5, 0.6) is 0 Å². The minimum atomic E-state index is 0.0759. The fourth-order valence-corrected chi connectivity index (χ4v) is 3.24. The van der Waals surface area contributed by atoms with Crippen molar-refractivity contribution in [1.82, 2.24) is 9.88 Å². The van der Waals surface area contributed by atoms with Crippen LogP contribution >= 0.6 is 0 Å². The highest BCUT2D eigenvalue weighted by atomic mass is 15.1. The molecule has 1 aliphatic heterocycles. The van der Waals surface area contributed by atoms with Crippen LogP contribution < -0.4 is 5.73 Å². The number of rotatable bonds is 3. The lowest BCUT2D eigenvalue weighted by atomic mass is 9.90. The standard InChI is InChI=1S/C18H23N3/c1-21-11-3-2-9-17(21)18(19)15-7-4-6-14(12-15)16-8-5-10-20-13-16/h4-8,10,12-13,17-18H,2-3,9,11,19H2,1H3/t17-,18-/m0/s1. The van der Waals surface area contributed by atoms with Gasteiger partial charge in [0.15, 0.2) is 0 Å². The topological polar surface area (TPSA) is 42.1 Å². The zero-order chi connectivity index (χ0) is 14.7. The van der Waals surface area contributed by atoms with Gasteiger partial charge in [0.25, 0.3) is 0 Å². The summed E-state index contributed by atoms with van der Waals surface area (Å²) in [6.07, 6.45) is 7.46. The molecule has 0 spiro atoms. The van der Waals surface area contributed by atoms with Crippen molar-refractivity contribution in [3.05, 3.63) is 54.4 Å². The maximum atomic E-state index is 6.55. The van der Waals surface area contributed by atoms with Gasteiger partial charge in [-0.05, 0) is 55.3 Å². The Morgan fingerprint density at radius 3 is 2.81 bits per heavy atom.